The maximum absolute atomic E-state index is 13.4. The summed E-state index contributed by atoms with van der Waals surface area (Å²) in [5.74, 6) is -0.827. The van der Waals surface area contributed by atoms with E-state index in [2.05, 4.69) is 10.1 Å². The fraction of sp³-hybridized carbons (Fsp3) is 0.417. The molecule has 0 heterocycles. The predicted molar refractivity (Wildman–Crippen MR) is 65.9 cm³/mol. The van der Waals surface area contributed by atoms with Crippen LogP contribution in [0.4, 0.5) is 10.1 Å². The van der Waals surface area contributed by atoms with Gasteiger partial charge in [0.1, 0.15) is 11.4 Å². The molecule has 1 rings (SSSR count). The molecule has 0 radical (unpaired) electrons. The molecule has 3 nitrogen and oxygen atoms in total. The molecule has 0 saturated heterocycles. The largest absolute Gasteiger partial charge is 0.467 e. The van der Waals surface area contributed by atoms with Crippen molar-refractivity contribution in [2.75, 3.05) is 12.4 Å². The summed E-state index contributed by atoms with van der Waals surface area (Å²) in [4.78, 5) is 11.5. The Bertz CT molecular complexity index is 446. The number of nitrogens with one attached hydrogen (secondary N) is 1. The molecule has 94 valence electrons. The van der Waals surface area contributed by atoms with Gasteiger partial charge in [0.15, 0.2) is 0 Å². The normalized spacial score (nSPS) is 11.2. The van der Waals surface area contributed by atoms with Crippen molar-refractivity contribution in [1.82, 2.24) is 0 Å². The average Bonchev–Trinajstić information content (AvgIpc) is 2.24. The van der Waals surface area contributed by atoms with Gasteiger partial charge in [0.2, 0.25) is 0 Å². The minimum atomic E-state index is -0.972. The van der Waals surface area contributed by atoms with Crippen LogP contribution in [0.3, 0.4) is 0 Å². The van der Waals surface area contributed by atoms with Gasteiger partial charge in [-0.25, -0.2) is 9.18 Å². The highest BCUT2D eigenvalue weighted by Crippen LogP contribution is 2.28. The minimum absolute atomic E-state index is 0.362. The Morgan fingerprint density at radius 1 is 1.47 bits per heavy atom. The third kappa shape index (κ3) is 3.09. The van der Waals surface area contributed by atoms with Crippen LogP contribution in [0.5, 0.6) is 0 Å². The Morgan fingerprint density at radius 2 is 2.06 bits per heavy atom. The summed E-state index contributed by atoms with van der Waals surface area (Å²) in [6.45, 7) is 4.89. The van der Waals surface area contributed by atoms with E-state index in [1.54, 1.807) is 20.8 Å². The number of rotatable bonds is 3. The third-order valence-corrected chi connectivity index (χ3v) is 2.70. The zero-order valence-corrected chi connectivity index (χ0v) is 11.0. The van der Waals surface area contributed by atoms with E-state index in [1.165, 1.54) is 19.2 Å². The second-order valence-electron chi connectivity index (χ2n) is 4.32. The van der Waals surface area contributed by atoms with Crippen LogP contribution in [0, 0.1) is 12.7 Å². The molecule has 0 bridgehead atoms. The van der Waals surface area contributed by atoms with Gasteiger partial charge < -0.3 is 10.1 Å². The lowest BCUT2D eigenvalue weighted by Crippen LogP contribution is -2.41. The second kappa shape index (κ2) is 4.92. The maximum Gasteiger partial charge on any atom is 0.330 e. The van der Waals surface area contributed by atoms with Gasteiger partial charge in [-0.15, -0.1) is 0 Å². The number of carbonyl (C=O) groups excluding carboxylic acids is 1. The number of halogens is 2. The lowest BCUT2D eigenvalue weighted by atomic mass is 10.1. The van der Waals surface area contributed by atoms with Gasteiger partial charge >= 0.3 is 5.97 Å². The molecule has 0 unspecified atom stereocenters. The SMILES string of the molecule is COC(=O)C(C)(C)Nc1cc(F)c(C)cc1Cl. The lowest BCUT2D eigenvalue weighted by molar-refractivity contribution is -0.144. The first kappa shape index (κ1) is 13.8. The monoisotopic (exact) mass is 259 g/mol. The van der Waals surface area contributed by atoms with E-state index in [-0.39, 0.29) is 5.82 Å². The Kier molecular flexibility index (Phi) is 3.98. The molecule has 0 aliphatic rings. The second-order valence-corrected chi connectivity index (χ2v) is 4.73. The van der Waals surface area contributed by atoms with Gasteiger partial charge in [-0.1, -0.05) is 11.6 Å². The van der Waals surface area contributed by atoms with Crippen LogP contribution in [-0.2, 0) is 9.53 Å². The number of carbonyl (C=O) groups is 1. The molecule has 0 atom stereocenters. The zero-order chi connectivity index (χ0) is 13.2. The van der Waals surface area contributed by atoms with Crippen molar-refractivity contribution in [1.29, 1.82) is 0 Å². The number of hydrogen-bond donors (Lipinski definition) is 1. The van der Waals surface area contributed by atoms with Crippen LogP contribution in [0.15, 0.2) is 12.1 Å². The molecular formula is C12H15ClFNO2. The lowest BCUT2D eigenvalue weighted by Gasteiger charge is -2.25. The van der Waals surface area contributed by atoms with Crippen molar-refractivity contribution < 1.29 is 13.9 Å². The molecule has 5 heteroatoms. The van der Waals surface area contributed by atoms with Crippen LogP contribution in [0.25, 0.3) is 0 Å². The molecule has 0 aliphatic heterocycles. The van der Waals surface area contributed by atoms with E-state index in [4.69, 9.17) is 11.6 Å². The van der Waals surface area contributed by atoms with Crippen molar-refractivity contribution in [2.45, 2.75) is 26.3 Å². The van der Waals surface area contributed by atoms with E-state index in [1.807, 2.05) is 0 Å². The minimum Gasteiger partial charge on any atom is -0.467 e. The number of hydrogen-bond acceptors (Lipinski definition) is 3. The van der Waals surface area contributed by atoms with E-state index >= 15 is 0 Å². The van der Waals surface area contributed by atoms with Crippen LogP contribution in [0.2, 0.25) is 5.02 Å². The molecule has 1 N–H and O–H groups in total. The maximum atomic E-state index is 13.4. The smallest absolute Gasteiger partial charge is 0.330 e. The van der Waals surface area contributed by atoms with Gasteiger partial charge in [-0.3, -0.25) is 0 Å². The fourth-order valence-electron chi connectivity index (χ4n) is 1.38. The quantitative estimate of drug-likeness (QED) is 0.848. The van der Waals surface area contributed by atoms with Crippen molar-refractivity contribution in [2.24, 2.45) is 0 Å². The molecular weight excluding hydrogens is 245 g/mol. The summed E-state index contributed by atoms with van der Waals surface area (Å²) in [6.07, 6.45) is 0. The van der Waals surface area contributed by atoms with E-state index in [0.29, 0.717) is 16.3 Å². The highest BCUT2D eigenvalue weighted by atomic mass is 35.5. The molecule has 0 aliphatic carbocycles. The van der Waals surface area contributed by atoms with Gasteiger partial charge in [-0.2, -0.15) is 0 Å². The Labute approximate surface area is 105 Å². The Hall–Kier alpha value is -1.29. The molecule has 1 aromatic carbocycles. The number of aryl methyl sites for hydroxylation is 1. The van der Waals surface area contributed by atoms with E-state index in [0.717, 1.165) is 0 Å². The van der Waals surface area contributed by atoms with Gasteiger partial charge in [0.05, 0.1) is 17.8 Å². The number of benzene rings is 1. The van der Waals surface area contributed by atoms with Crippen molar-refractivity contribution in [3.05, 3.63) is 28.5 Å². The molecule has 0 spiro atoms. The van der Waals surface area contributed by atoms with Crippen LogP contribution in [0.1, 0.15) is 19.4 Å². The summed E-state index contributed by atoms with van der Waals surface area (Å²) >= 11 is 5.97. The highest BCUT2D eigenvalue weighted by molar-refractivity contribution is 6.33. The predicted octanol–water partition coefficient (Wildman–Crippen LogP) is 3.15. The third-order valence-electron chi connectivity index (χ3n) is 2.39. The van der Waals surface area contributed by atoms with Crippen LogP contribution >= 0.6 is 11.6 Å². The topological polar surface area (TPSA) is 38.3 Å². The van der Waals surface area contributed by atoms with Crippen molar-refractivity contribution in [3.63, 3.8) is 0 Å². The van der Waals surface area contributed by atoms with E-state index < -0.39 is 11.5 Å². The van der Waals surface area contributed by atoms with E-state index in [9.17, 15) is 9.18 Å². The zero-order valence-electron chi connectivity index (χ0n) is 10.2. The van der Waals surface area contributed by atoms with Gasteiger partial charge in [0.25, 0.3) is 0 Å². The summed E-state index contributed by atoms with van der Waals surface area (Å²) in [6, 6.07) is 2.77. The van der Waals surface area contributed by atoms with Crippen molar-refractivity contribution >= 4 is 23.3 Å². The molecule has 0 fully saturated rings. The fourth-order valence-corrected chi connectivity index (χ4v) is 1.65. The Balaban J connectivity index is 3.03. The van der Waals surface area contributed by atoms with Gasteiger partial charge in [0, 0.05) is 0 Å². The standard InChI is InChI=1S/C12H15ClFNO2/c1-7-5-8(13)10(6-9(7)14)15-12(2,3)11(16)17-4/h5-6,15H,1-4H3. The number of esters is 1. The average molecular weight is 260 g/mol. The molecule has 0 saturated carbocycles. The van der Waals surface area contributed by atoms with Crippen LogP contribution in [-0.4, -0.2) is 18.6 Å². The first-order valence-corrected chi connectivity index (χ1v) is 5.48. The number of methoxy groups -OCH3 is 1. The molecule has 0 amide bonds. The summed E-state index contributed by atoms with van der Waals surface area (Å²) in [7, 11) is 1.29. The first-order valence-electron chi connectivity index (χ1n) is 5.10. The molecule has 1 aromatic rings. The van der Waals surface area contributed by atoms with Gasteiger partial charge in [-0.05, 0) is 38.5 Å². The first-order chi connectivity index (χ1) is 7.77. The number of ether oxygens (including phenoxy) is 1. The number of anilines is 1. The highest BCUT2D eigenvalue weighted by Gasteiger charge is 2.29. The molecule has 17 heavy (non-hydrogen) atoms. The van der Waals surface area contributed by atoms with Crippen molar-refractivity contribution in [3.8, 4) is 0 Å². The van der Waals surface area contributed by atoms with Crippen LogP contribution < -0.4 is 5.32 Å². The summed E-state index contributed by atoms with van der Waals surface area (Å²) < 4.78 is 18.0. The summed E-state index contributed by atoms with van der Waals surface area (Å²) in [5, 5.41) is 3.22. The Morgan fingerprint density at radius 3 is 2.59 bits per heavy atom. The molecule has 0 aromatic heterocycles. The summed E-state index contributed by atoms with van der Waals surface area (Å²) in [5.41, 5.74) is -0.151.